The van der Waals surface area contributed by atoms with Gasteiger partial charge in [-0.2, -0.15) is 0 Å². The van der Waals surface area contributed by atoms with Crippen molar-refractivity contribution >= 4 is 23.7 Å². The van der Waals surface area contributed by atoms with Crippen molar-refractivity contribution < 1.29 is 24.5 Å². The van der Waals surface area contributed by atoms with Crippen LogP contribution < -0.4 is 10.1 Å². The highest BCUT2D eigenvalue weighted by molar-refractivity contribution is 6.30. The monoisotopic (exact) mass is 357 g/mol. The summed E-state index contributed by atoms with van der Waals surface area (Å²) in [5.74, 6) is 1.30. The normalized spacial score (nSPS) is 19.6. The third kappa shape index (κ3) is 7.08. The molecule has 6 nitrogen and oxygen atoms in total. The maximum absolute atomic E-state index is 12.2. The van der Waals surface area contributed by atoms with Crippen LogP contribution in [0.1, 0.15) is 38.2 Å². The molecule has 24 heavy (non-hydrogen) atoms. The van der Waals surface area contributed by atoms with Crippen LogP contribution in [0.3, 0.4) is 0 Å². The van der Waals surface area contributed by atoms with Crippen LogP contribution in [-0.4, -0.2) is 35.4 Å². The van der Waals surface area contributed by atoms with E-state index in [9.17, 15) is 4.79 Å². The predicted octanol–water partition coefficient (Wildman–Crippen LogP) is 3.81. The Bertz CT molecular complexity index is 560. The number of nitrogens with one attached hydrogen (secondary N) is 1. The zero-order chi connectivity index (χ0) is 18.1. The number of benzene rings is 1. The summed E-state index contributed by atoms with van der Waals surface area (Å²) in [6, 6.07) is 5.70. The lowest BCUT2D eigenvalue weighted by Crippen LogP contribution is -2.41. The van der Waals surface area contributed by atoms with Gasteiger partial charge in [-0.3, -0.25) is 4.79 Å². The fraction of sp³-hybridized carbons (Fsp3) is 0.529. The van der Waals surface area contributed by atoms with E-state index in [1.54, 1.807) is 19.2 Å². The summed E-state index contributed by atoms with van der Waals surface area (Å²) in [7, 11) is 1.59. The predicted molar refractivity (Wildman–Crippen MR) is 91.9 cm³/mol. The van der Waals surface area contributed by atoms with E-state index in [2.05, 4.69) is 12.2 Å². The molecular weight excluding hydrogens is 334 g/mol. The maximum Gasteiger partial charge on any atom is 0.503 e. The maximum atomic E-state index is 12.2. The van der Waals surface area contributed by atoms with E-state index in [-0.39, 0.29) is 5.91 Å². The molecule has 0 bridgehead atoms. The van der Waals surface area contributed by atoms with E-state index in [4.69, 9.17) is 31.3 Å². The zero-order valence-electron chi connectivity index (χ0n) is 13.9. The van der Waals surface area contributed by atoms with Crippen LogP contribution in [0.15, 0.2) is 18.2 Å². The summed E-state index contributed by atoms with van der Waals surface area (Å²) in [4.78, 5) is 20.7. The molecule has 1 aliphatic rings. The first kappa shape index (κ1) is 20.1. The number of amides is 1. The van der Waals surface area contributed by atoms with Crippen LogP contribution in [0.5, 0.6) is 5.75 Å². The van der Waals surface area contributed by atoms with Crippen molar-refractivity contribution in [3.8, 4) is 5.75 Å². The van der Waals surface area contributed by atoms with Gasteiger partial charge >= 0.3 is 6.16 Å². The van der Waals surface area contributed by atoms with Crippen molar-refractivity contribution in [2.45, 2.75) is 45.1 Å². The van der Waals surface area contributed by atoms with Crippen LogP contribution in [0.25, 0.3) is 0 Å². The van der Waals surface area contributed by atoms with Crippen molar-refractivity contribution in [1.82, 2.24) is 5.32 Å². The van der Waals surface area contributed by atoms with Gasteiger partial charge in [0.15, 0.2) is 0 Å². The molecule has 1 aromatic rings. The highest BCUT2D eigenvalue weighted by Gasteiger charge is 2.23. The van der Waals surface area contributed by atoms with Crippen LogP contribution in [0.4, 0.5) is 4.79 Å². The number of carboxylic acid groups (broad SMARTS) is 2. The largest absolute Gasteiger partial charge is 0.503 e. The molecule has 2 atom stereocenters. The van der Waals surface area contributed by atoms with E-state index in [0.717, 1.165) is 12.0 Å². The molecule has 3 N–H and O–H groups in total. The van der Waals surface area contributed by atoms with E-state index in [1.165, 1.54) is 19.3 Å². The van der Waals surface area contributed by atoms with E-state index in [0.29, 0.717) is 29.2 Å². The van der Waals surface area contributed by atoms with Crippen molar-refractivity contribution in [2.24, 2.45) is 5.92 Å². The van der Waals surface area contributed by atoms with E-state index in [1.807, 2.05) is 6.07 Å². The number of methoxy groups -OCH3 is 1. The Morgan fingerprint density at radius 1 is 1.29 bits per heavy atom. The van der Waals surface area contributed by atoms with Crippen LogP contribution in [0, 0.1) is 5.92 Å². The van der Waals surface area contributed by atoms with Gasteiger partial charge in [-0.25, -0.2) is 4.79 Å². The summed E-state index contributed by atoms with van der Waals surface area (Å²) >= 11 is 5.93. The molecule has 0 heterocycles. The third-order valence-electron chi connectivity index (χ3n) is 4.06. The third-order valence-corrected chi connectivity index (χ3v) is 4.29. The summed E-state index contributed by atoms with van der Waals surface area (Å²) in [5.41, 5.74) is 0.873. The van der Waals surface area contributed by atoms with Crippen LogP contribution in [-0.2, 0) is 11.2 Å². The fourth-order valence-electron chi connectivity index (χ4n) is 2.83. The first-order valence-electron chi connectivity index (χ1n) is 7.87. The van der Waals surface area contributed by atoms with Gasteiger partial charge < -0.3 is 20.3 Å². The first-order chi connectivity index (χ1) is 11.3. The summed E-state index contributed by atoms with van der Waals surface area (Å²) in [6.07, 6.45) is 3.28. The number of ether oxygens (including phenoxy) is 1. The molecule has 1 aromatic carbocycles. The number of halogens is 1. The second-order valence-corrected chi connectivity index (χ2v) is 6.29. The number of hydrogen-bond donors (Lipinski definition) is 3. The number of carbonyl (C=O) groups excluding carboxylic acids is 1. The number of rotatable bonds is 4. The van der Waals surface area contributed by atoms with Gasteiger partial charge in [0.25, 0.3) is 0 Å². The fourth-order valence-corrected chi connectivity index (χ4v) is 2.99. The summed E-state index contributed by atoms with van der Waals surface area (Å²) < 4.78 is 5.27. The summed E-state index contributed by atoms with van der Waals surface area (Å²) in [5, 5.41) is 17.7. The van der Waals surface area contributed by atoms with Gasteiger partial charge in [-0.1, -0.05) is 37.4 Å². The van der Waals surface area contributed by atoms with Gasteiger partial charge in [-0.15, -0.1) is 0 Å². The van der Waals surface area contributed by atoms with Gasteiger partial charge in [0.2, 0.25) is 5.91 Å². The highest BCUT2D eigenvalue weighted by atomic mass is 35.5. The second-order valence-electron chi connectivity index (χ2n) is 5.85. The lowest BCUT2D eigenvalue weighted by Gasteiger charge is -2.29. The molecule has 1 fully saturated rings. The minimum Gasteiger partial charge on any atom is -0.496 e. The average molecular weight is 358 g/mol. The quantitative estimate of drug-likeness (QED) is 0.761. The van der Waals surface area contributed by atoms with E-state index >= 15 is 0 Å². The lowest BCUT2D eigenvalue weighted by molar-refractivity contribution is -0.121. The highest BCUT2D eigenvalue weighted by Crippen LogP contribution is 2.25. The van der Waals surface area contributed by atoms with Crippen molar-refractivity contribution in [1.29, 1.82) is 0 Å². The van der Waals surface area contributed by atoms with E-state index < -0.39 is 6.16 Å². The Morgan fingerprint density at radius 3 is 2.50 bits per heavy atom. The number of carbonyl (C=O) groups is 2. The van der Waals surface area contributed by atoms with Gasteiger partial charge in [0.05, 0.1) is 13.5 Å². The molecule has 0 saturated heterocycles. The molecule has 0 aliphatic heterocycles. The molecule has 1 saturated carbocycles. The molecule has 134 valence electrons. The molecule has 1 aliphatic carbocycles. The molecule has 7 heteroatoms. The first-order valence-corrected chi connectivity index (χ1v) is 8.25. The lowest BCUT2D eigenvalue weighted by atomic mass is 9.86. The van der Waals surface area contributed by atoms with Crippen molar-refractivity contribution in [3.05, 3.63) is 28.8 Å². The summed E-state index contributed by atoms with van der Waals surface area (Å²) in [6.45, 7) is 2.22. The Labute approximate surface area is 146 Å². The SMILES string of the molecule is COc1cc(Cl)ccc1CC(=O)NC1CCCCC1C.O=C(O)O. The minimum absolute atomic E-state index is 0.0596. The molecule has 2 rings (SSSR count). The molecular formula is C17H24ClNO5. The van der Waals surface area contributed by atoms with Gasteiger partial charge in [-0.05, 0) is 30.9 Å². The Hall–Kier alpha value is -1.95. The standard InChI is InChI=1S/C16H22ClNO2.CH2O3/c1-11-5-3-4-6-14(11)18-16(19)9-12-7-8-13(17)10-15(12)20-2;2-1(3)4/h7-8,10-11,14H,3-6,9H2,1-2H3,(H,18,19);(H2,2,3,4). The molecule has 0 aromatic heterocycles. The minimum atomic E-state index is -1.83. The topological polar surface area (TPSA) is 95.9 Å². The molecule has 0 spiro atoms. The van der Waals surface area contributed by atoms with Crippen LogP contribution >= 0.6 is 11.6 Å². The van der Waals surface area contributed by atoms with Crippen molar-refractivity contribution in [3.63, 3.8) is 0 Å². The molecule has 2 unspecified atom stereocenters. The second kappa shape index (κ2) is 10.0. The molecule has 0 radical (unpaired) electrons. The molecule has 1 amide bonds. The number of hydrogen-bond acceptors (Lipinski definition) is 3. The van der Waals surface area contributed by atoms with Gasteiger partial charge in [0.1, 0.15) is 5.75 Å². The average Bonchev–Trinajstić information content (AvgIpc) is 2.51. The van der Waals surface area contributed by atoms with Gasteiger partial charge in [0, 0.05) is 16.6 Å². The van der Waals surface area contributed by atoms with Crippen molar-refractivity contribution in [2.75, 3.05) is 7.11 Å². The smallest absolute Gasteiger partial charge is 0.496 e. The van der Waals surface area contributed by atoms with Crippen LogP contribution in [0.2, 0.25) is 5.02 Å². The Morgan fingerprint density at radius 2 is 1.92 bits per heavy atom. The Kier molecular flexibility index (Phi) is 8.40. The Balaban J connectivity index is 0.000000648. The zero-order valence-corrected chi connectivity index (χ0v) is 14.7.